The minimum absolute atomic E-state index is 0. The predicted molar refractivity (Wildman–Crippen MR) is 255 cm³/mol. The zero-order valence-electron chi connectivity index (χ0n) is 36.8. The quantitative estimate of drug-likeness (QED) is 0.146. The van der Waals surface area contributed by atoms with Gasteiger partial charge in [0.05, 0.1) is 5.69 Å². The fraction of sp³-hybridized carbons (Fsp3) is 0.193. The summed E-state index contributed by atoms with van der Waals surface area (Å²) >= 11 is 0. The average Bonchev–Trinajstić information content (AvgIpc) is 3.27. The van der Waals surface area contributed by atoms with Crippen LogP contribution >= 0.6 is 0 Å². The maximum atomic E-state index is 12.0. The van der Waals surface area contributed by atoms with Crippen LogP contribution in [0.3, 0.4) is 0 Å². The van der Waals surface area contributed by atoms with Gasteiger partial charge in [-0.05, 0) is 97.6 Å². The Balaban J connectivity index is 0.00000578. The number of hydrogen-bond donors (Lipinski definition) is 1. The number of rotatable bonds is 9. The van der Waals surface area contributed by atoms with Crippen molar-refractivity contribution in [2.75, 3.05) is 4.90 Å². The third-order valence-electron chi connectivity index (χ3n) is 11.7. The summed E-state index contributed by atoms with van der Waals surface area (Å²) in [5.41, 5.74) is 13.1. The van der Waals surface area contributed by atoms with Gasteiger partial charge in [-0.2, -0.15) is 0 Å². The number of para-hydroxylation sites is 1. The number of nitrogens with zero attached hydrogens (tertiary/aromatic N) is 3. The van der Waals surface area contributed by atoms with Gasteiger partial charge in [-0.3, -0.25) is 4.98 Å². The second-order valence-electron chi connectivity index (χ2n) is 18.5. The number of pyridine rings is 2. The Morgan fingerprint density at radius 1 is 0.500 bits per heavy atom. The summed E-state index contributed by atoms with van der Waals surface area (Å²) in [6, 6.07) is 62.9. The van der Waals surface area contributed by atoms with E-state index in [-0.39, 0.29) is 43.1 Å². The molecule has 0 fully saturated rings. The zero-order chi connectivity index (χ0) is 42.9. The van der Waals surface area contributed by atoms with Crippen molar-refractivity contribution in [1.29, 1.82) is 0 Å². The second-order valence-corrected chi connectivity index (χ2v) is 18.5. The molecule has 0 bridgehead atoms. The summed E-state index contributed by atoms with van der Waals surface area (Å²) in [5, 5.41) is 12.0. The van der Waals surface area contributed by atoms with Crippen molar-refractivity contribution in [2.45, 2.75) is 71.6 Å². The summed E-state index contributed by atoms with van der Waals surface area (Å²) in [5.74, 6) is 1.04. The van der Waals surface area contributed by atoms with E-state index < -0.39 is 0 Å². The number of hydrogen-bond acceptors (Lipinski definition) is 4. The molecular weight excluding hydrogens is 938 g/mol. The van der Waals surface area contributed by atoms with Crippen molar-refractivity contribution >= 4 is 17.2 Å². The maximum Gasteiger partial charge on any atom is 0.136 e. The van der Waals surface area contributed by atoms with Crippen LogP contribution in [0.4, 0.5) is 17.2 Å². The number of benzene rings is 6. The molecule has 62 heavy (non-hydrogen) atoms. The van der Waals surface area contributed by atoms with E-state index >= 15 is 0 Å². The SMILES string of the molecule is CC(C)(C)c1cc(-c2cc(-c3ccccc3)cc(-c3[c-]c(N(c4ccccc4)c4cc(-c5ccc(C(C)(C)c6ccccc6)cc5)ccn4)ccc3)n2)c(O)c(C(C)(C)C)c1.[Pt]. The Morgan fingerprint density at radius 2 is 1.10 bits per heavy atom. The standard InChI is InChI=1S/C57H54N3O.Pt/c1-55(2,3)46-37-49(54(61)50(38-46)56(4,5)6)52-35-43(39-19-12-9-13-20-39)34-51(59-52)42-21-18-26-48(33-42)60(47-24-16-11-17-25-47)53-36-41(31-32-58-53)40-27-29-45(30-28-40)57(7,8)44-22-14-10-15-23-44;/h9-32,34-38,61H,1-8H3;/q-1;. The molecule has 5 heteroatoms. The predicted octanol–water partition coefficient (Wildman–Crippen LogP) is 15.0. The van der Waals surface area contributed by atoms with Crippen LogP contribution in [0.5, 0.6) is 5.75 Å². The molecule has 0 aliphatic heterocycles. The van der Waals surface area contributed by atoms with Crippen LogP contribution in [0.2, 0.25) is 0 Å². The van der Waals surface area contributed by atoms with Gasteiger partial charge in [0, 0.05) is 49.5 Å². The van der Waals surface area contributed by atoms with Crippen LogP contribution < -0.4 is 4.90 Å². The summed E-state index contributed by atoms with van der Waals surface area (Å²) in [6.07, 6.45) is 1.88. The van der Waals surface area contributed by atoms with E-state index in [0.29, 0.717) is 5.69 Å². The number of phenolic OH excluding ortho intramolecular Hbond substituents is 1. The topological polar surface area (TPSA) is 49.2 Å². The molecular formula is C57H54N3OPt-. The number of phenols is 1. The Hall–Kier alpha value is -6.09. The normalized spacial score (nSPS) is 11.8. The molecule has 314 valence electrons. The molecule has 0 radical (unpaired) electrons. The molecule has 0 aliphatic rings. The van der Waals surface area contributed by atoms with E-state index in [1.165, 1.54) is 11.1 Å². The fourth-order valence-electron chi connectivity index (χ4n) is 7.97. The van der Waals surface area contributed by atoms with Gasteiger partial charge in [0.1, 0.15) is 11.6 Å². The molecule has 0 saturated carbocycles. The molecule has 0 atom stereocenters. The smallest absolute Gasteiger partial charge is 0.136 e. The first-order valence-corrected chi connectivity index (χ1v) is 21.1. The summed E-state index contributed by atoms with van der Waals surface area (Å²) in [4.78, 5) is 12.4. The number of aromatic nitrogens is 2. The first-order valence-electron chi connectivity index (χ1n) is 21.1. The number of aromatic hydroxyl groups is 1. The first kappa shape index (κ1) is 44.0. The van der Waals surface area contributed by atoms with Crippen molar-refractivity contribution < 1.29 is 26.2 Å². The van der Waals surface area contributed by atoms with Gasteiger partial charge < -0.3 is 10.0 Å². The van der Waals surface area contributed by atoms with Crippen LogP contribution in [0.25, 0.3) is 44.8 Å². The molecule has 4 nitrogen and oxygen atoms in total. The van der Waals surface area contributed by atoms with E-state index in [4.69, 9.17) is 9.97 Å². The molecule has 0 saturated heterocycles. The van der Waals surface area contributed by atoms with E-state index in [0.717, 1.165) is 67.4 Å². The fourth-order valence-corrected chi connectivity index (χ4v) is 7.97. The Bertz CT molecular complexity index is 2790. The molecule has 0 unspecified atom stereocenters. The second kappa shape index (κ2) is 17.7. The summed E-state index contributed by atoms with van der Waals surface area (Å²) < 4.78 is 0. The minimum atomic E-state index is -0.281. The Labute approximate surface area is 382 Å². The molecule has 6 aromatic carbocycles. The molecule has 2 aromatic heterocycles. The van der Waals surface area contributed by atoms with Gasteiger partial charge in [0.25, 0.3) is 0 Å². The third-order valence-corrected chi connectivity index (χ3v) is 11.7. The van der Waals surface area contributed by atoms with Crippen LogP contribution in [0.1, 0.15) is 77.6 Å². The van der Waals surface area contributed by atoms with E-state index in [2.05, 4.69) is 212 Å². The van der Waals surface area contributed by atoms with Crippen LogP contribution in [0.15, 0.2) is 176 Å². The largest absolute Gasteiger partial charge is 0.507 e. The van der Waals surface area contributed by atoms with Crippen LogP contribution in [0, 0.1) is 6.07 Å². The van der Waals surface area contributed by atoms with Crippen molar-refractivity contribution in [1.82, 2.24) is 9.97 Å². The molecule has 2 heterocycles. The van der Waals surface area contributed by atoms with E-state index in [1.807, 2.05) is 30.5 Å². The molecule has 8 aromatic rings. The monoisotopic (exact) mass is 991 g/mol. The summed E-state index contributed by atoms with van der Waals surface area (Å²) in [6.45, 7) is 17.6. The summed E-state index contributed by atoms with van der Waals surface area (Å²) in [7, 11) is 0. The van der Waals surface area contributed by atoms with Gasteiger partial charge in [0.2, 0.25) is 0 Å². The molecule has 0 spiro atoms. The van der Waals surface area contributed by atoms with E-state index in [9.17, 15) is 5.11 Å². The third kappa shape index (κ3) is 9.22. The van der Waals surface area contributed by atoms with Crippen molar-refractivity contribution in [2.24, 2.45) is 0 Å². The van der Waals surface area contributed by atoms with Crippen molar-refractivity contribution in [3.8, 4) is 50.5 Å². The molecule has 0 aliphatic carbocycles. The van der Waals surface area contributed by atoms with E-state index in [1.54, 1.807) is 0 Å². The first-order chi connectivity index (χ1) is 29.2. The van der Waals surface area contributed by atoms with Gasteiger partial charge in [-0.15, -0.1) is 29.8 Å². The van der Waals surface area contributed by atoms with Crippen molar-refractivity contribution in [3.05, 3.63) is 204 Å². The maximum absolute atomic E-state index is 12.0. The van der Waals surface area contributed by atoms with Gasteiger partial charge in [-0.25, -0.2) is 4.98 Å². The minimum Gasteiger partial charge on any atom is -0.507 e. The number of anilines is 3. The van der Waals surface area contributed by atoms with Crippen LogP contribution in [-0.2, 0) is 37.3 Å². The average molecular weight is 992 g/mol. The van der Waals surface area contributed by atoms with Crippen molar-refractivity contribution in [3.63, 3.8) is 0 Å². The molecule has 1 N–H and O–H groups in total. The Morgan fingerprint density at radius 3 is 1.74 bits per heavy atom. The zero-order valence-corrected chi connectivity index (χ0v) is 39.1. The van der Waals surface area contributed by atoms with Gasteiger partial charge in [-0.1, -0.05) is 171 Å². The Kier molecular flexibility index (Phi) is 12.6. The molecule has 0 amide bonds. The van der Waals surface area contributed by atoms with Gasteiger partial charge >= 0.3 is 0 Å². The van der Waals surface area contributed by atoms with Gasteiger partial charge in [0.15, 0.2) is 0 Å². The van der Waals surface area contributed by atoms with Crippen LogP contribution in [-0.4, -0.2) is 15.1 Å². The molecule has 8 rings (SSSR count).